The van der Waals surface area contributed by atoms with Crippen molar-refractivity contribution < 1.29 is 4.79 Å². The SMILES string of the molecule is CC(C)(C)NCCC(=O)NC1CC(C)(C)NC(C)(C)C1. The van der Waals surface area contributed by atoms with Gasteiger partial charge in [-0.3, -0.25) is 4.79 Å². The lowest BCUT2D eigenvalue weighted by molar-refractivity contribution is -0.122. The third-order valence-electron chi connectivity index (χ3n) is 3.56. The summed E-state index contributed by atoms with van der Waals surface area (Å²) in [7, 11) is 0. The van der Waals surface area contributed by atoms with Crippen LogP contribution >= 0.6 is 0 Å². The van der Waals surface area contributed by atoms with Crippen molar-refractivity contribution in [3.05, 3.63) is 0 Å². The number of hydrogen-bond acceptors (Lipinski definition) is 3. The Bertz CT molecular complexity index is 326. The van der Waals surface area contributed by atoms with E-state index in [0.717, 1.165) is 19.4 Å². The molecule has 0 aromatic heterocycles. The first-order valence-corrected chi connectivity index (χ1v) is 7.72. The van der Waals surface area contributed by atoms with Crippen molar-refractivity contribution in [1.82, 2.24) is 16.0 Å². The summed E-state index contributed by atoms with van der Waals surface area (Å²) in [5.41, 5.74) is 0.214. The van der Waals surface area contributed by atoms with Gasteiger partial charge in [-0.25, -0.2) is 0 Å². The van der Waals surface area contributed by atoms with Crippen LogP contribution in [0.4, 0.5) is 0 Å². The summed E-state index contributed by atoms with van der Waals surface area (Å²) in [5.74, 6) is 0.153. The summed E-state index contributed by atoms with van der Waals surface area (Å²) >= 11 is 0. The molecule has 0 aliphatic carbocycles. The summed E-state index contributed by atoms with van der Waals surface area (Å²) in [4.78, 5) is 12.0. The molecule has 4 heteroatoms. The Balaban J connectivity index is 2.41. The smallest absolute Gasteiger partial charge is 0.221 e. The molecule has 0 spiro atoms. The molecule has 0 bridgehead atoms. The molecule has 0 aromatic carbocycles. The Labute approximate surface area is 124 Å². The highest BCUT2D eigenvalue weighted by Gasteiger charge is 2.38. The molecule has 1 fully saturated rings. The van der Waals surface area contributed by atoms with Crippen LogP contribution in [0.25, 0.3) is 0 Å². The minimum absolute atomic E-state index is 0.0685. The Hall–Kier alpha value is -0.610. The molecule has 0 radical (unpaired) electrons. The van der Waals surface area contributed by atoms with Crippen molar-refractivity contribution in [2.75, 3.05) is 6.54 Å². The van der Waals surface area contributed by atoms with Gasteiger partial charge < -0.3 is 16.0 Å². The normalized spacial score (nSPS) is 22.6. The van der Waals surface area contributed by atoms with E-state index in [9.17, 15) is 4.79 Å². The summed E-state index contributed by atoms with van der Waals surface area (Å²) in [6, 6.07) is 0.267. The summed E-state index contributed by atoms with van der Waals surface area (Å²) < 4.78 is 0. The highest BCUT2D eigenvalue weighted by molar-refractivity contribution is 5.76. The number of nitrogens with one attached hydrogen (secondary N) is 3. The summed E-state index contributed by atoms with van der Waals surface area (Å²) in [5, 5.41) is 10.2. The quantitative estimate of drug-likeness (QED) is 0.741. The average Bonchev–Trinajstić information content (AvgIpc) is 2.08. The molecular weight excluding hydrogens is 250 g/mol. The molecule has 1 amide bonds. The zero-order valence-corrected chi connectivity index (χ0v) is 14.3. The minimum Gasteiger partial charge on any atom is -0.353 e. The van der Waals surface area contributed by atoms with Crippen LogP contribution in [-0.4, -0.2) is 35.1 Å². The van der Waals surface area contributed by atoms with Crippen LogP contribution in [0.5, 0.6) is 0 Å². The van der Waals surface area contributed by atoms with Crippen LogP contribution in [0.3, 0.4) is 0 Å². The van der Waals surface area contributed by atoms with Gasteiger partial charge in [0.1, 0.15) is 0 Å². The maximum Gasteiger partial charge on any atom is 0.221 e. The molecular formula is C16H33N3O. The second-order valence-electron chi connectivity index (χ2n) is 8.49. The van der Waals surface area contributed by atoms with Crippen molar-refractivity contribution in [3.8, 4) is 0 Å². The number of amides is 1. The Morgan fingerprint density at radius 1 is 1.15 bits per heavy atom. The zero-order valence-electron chi connectivity index (χ0n) is 14.3. The molecule has 1 saturated heterocycles. The lowest BCUT2D eigenvalue weighted by atomic mass is 9.79. The highest BCUT2D eigenvalue weighted by atomic mass is 16.1. The summed E-state index contributed by atoms with van der Waals surface area (Å²) in [6.45, 7) is 15.9. The van der Waals surface area contributed by atoms with Crippen molar-refractivity contribution in [1.29, 1.82) is 0 Å². The molecule has 1 rings (SSSR count). The monoisotopic (exact) mass is 283 g/mol. The maximum atomic E-state index is 12.0. The van der Waals surface area contributed by atoms with E-state index in [-0.39, 0.29) is 28.6 Å². The fraction of sp³-hybridized carbons (Fsp3) is 0.938. The van der Waals surface area contributed by atoms with E-state index in [0.29, 0.717) is 6.42 Å². The van der Waals surface area contributed by atoms with Gasteiger partial charge in [0.25, 0.3) is 0 Å². The van der Waals surface area contributed by atoms with Gasteiger partial charge in [0.2, 0.25) is 5.91 Å². The number of piperidine rings is 1. The van der Waals surface area contributed by atoms with Crippen molar-refractivity contribution in [2.24, 2.45) is 0 Å². The lowest BCUT2D eigenvalue weighted by Crippen LogP contribution is -2.62. The van der Waals surface area contributed by atoms with Gasteiger partial charge in [-0.05, 0) is 61.3 Å². The minimum atomic E-state index is 0.0685. The molecule has 1 aliphatic heterocycles. The molecule has 4 nitrogen and oxygen atoms in total. The van der Waals surface area contributed by atoms with E-state index in [1.807, 2.05) is 0 Å². The molecule has 0 aromatic rings. The zero-order chi connectivity index (χ0) is 15.6. The molecule has 3 N–H and O–H groups in total. The third kappa shape index (κ3) is 6.71. The highest BCUT2D eigenvalue weighted by Crippen LogP contribution is 2.28. The largest absolute Gasteiger partial charge is 0.353 e. The van der Waals surface area contributed by atoms with Crippen LogP contribution < -0.4 is 16.0 Å². The van der Waals surface area contributed by atoms with E-state index in [2.05, 4.69) is 64.4 Å². The number of carbonyl (C=O) groups is 1. The van der Waals surface area contributed by atoms with Crippen LogP contribution in [0.15, 0.2) is 0 Å². The van der Waals surface area contributed by atoms with Crippen LogP contribution in [0, 0.1) is 0 Å². The van der Waals surface area contributed by atoms with E-state index in [4.69, 9.17) is 0 Å². The van der Waals surface area contributed by atoms with Crippen molar-refractivity contribution in [3.63, 3.8) is 0 Å². The molecule has 1 aliphatic rings. The van der Waals surface area contributed by atoms with E-state index >= 15 is 0 Å². The average molecular weight is 283 g/mol. The fourth-order valence-corrected chi connectivity index (χ4v) is 3.28. The van der Waals surface area contributed by atoms with Gasteiger partial charge in [0.05, 0.1) is 0 Å². The first kappa shape index (κ1) is 17.4. The Morgan fingerprint density at radius 3 is 2.10 bits per heavy atom. The standard InChI is InChI=1S/C16H33N3O/c1-14(2,3)17-9-8-13(20)18-12-10-15(4,5)19-16(6,7)11-12/h12,17,19H,8-11H2,1-7H3,(H,18,20). The molecule has 20 heavy (non-hydrogen) atoms. The second kappa shape index (κ2) is 6.02. The molecule has 0 saturated carbocycles. The molecule has 118 valence electrons. The molecule has 1 heterocycles. The number of carbonyl (C=O) groups excluding carboxylic acids is 1. The van der Waals surface area contributed by atoms with Gasteiger partial charge in [-0.1, -0.05) is 0 Å². The predicted octanol–water partition coefficient (Wildman–Crippen LogP) is 2.19. The van der Waals surface area contributed by atoms with Crippen molar-refractivity contribution >= 4 is 5.91 Å². The van der Waals surface area contributed by atoms with Crippen molar-refractivity contribution in [2.45, 2.75) is 90.4 Å². The van der Waals surface area contributed by atoms with Gasteiger partial charge in [-0.15, -0.1) is 0 Å². The van der Waals surface area contributed by atoms with E-state index in [1.165, 1.54) is 0 Å². The van der Waals surface area contributed by atoms with Gasteiger partial charge >= 0.3 is 0 Å². The van der Waals surface area contributed by atoms with Gasteiger partial charge in [0, 0.05) is 35.6 Å². The number of rotatable bonds is 4. The van der Waals surface area contributed by atoms with Gasteiger partial charge in [0.15, 0.2) is 0 Å². The number of hydrogen-bond donors (Lipinski definition) is 3. The Morgan fingerprint density at radius 2 is 1.65 bits per heavy atom. The third-order valence-corrected chi connectivity index (χ3v) is 3.56. The Kier molecular flexibility index (Phi) is 5.25. The fourth-order valence-electron chi connectivity index (χ4n) is 3.28. The molecule has 0 unspecified atom stereocenters. The van der Waals surface area contributed by atoms with Gasteiger partial charge in [-0.2, -0.15) is 0 Å². The van der Waals surface area contributed by atoms with E-state index < -0.39 is 0 Å². The second-order valence-corrected chi connectivity index (χ2v) is 8.49. The maximum absolute atomic E-state index is 12.0. The van der Waals surface area contributed by atoms with E-state index in [1.54, 1.807) is 0 Å². The van der Waals surface area contributed by atoms with Crippen LogP contribution in [0.2, 0.25) is 0 Å². The summed E-state index contributed by atoms with van der Waals surface area (Å²) in [6.07, 6.45) is 2.51. The molecule has 0 atom stereocenters. The first-order chi connectivity index (χ1) is 8.89. The first-order valence-electron chi connectivity index (χ1n) is 7.72. The van der Waals surface area contributed by atoms with Crippen LogP contribution in [-0.2, 0) is 4.79 Å². The van der Waals surface area contributed by atoms with Crippen LogP contribution in [0.1, 0.15) is 67.7 Å². The topological polar surface area (TPSA) is 53.2 Å². The lowest BCUT2D eigenvalue weighted by Gasteiger charge is -2.46. The predicted molar refractivity (Wildman–Crippen MR) is 84.8 cm³/mol.